The molecule has 172 valence electrons. The summed E-state index contributed by atoms with van der Waals surface area (Å²) in [7, 11) is 0. The molecule has 5 heterocycles. The summed E-state index contributed by atoms with van der Waals surface area (Å²) < 4.78 is 14.0. The van der Waals surface area contributed by atoms with E-state index in [1.807, 2.05) is 22.9 Å². The molecule has 1 aromatic carbocycles. The van der Waals surface area contributed by atoms with Crippen molar-refractivity contribution in [3.63, 3.8) is 0 Å². The van der Waals surface area contributed by atoms with Gasteiger partial charge in [0.25, 0.3) is 0 Å². The maximum Gasteiger partial charge on any atom is 0.231 e. The van der Waals surface area contributed by atoms with Crippen molar-refractivity contribution >= 4 is 49.2 Å². The number of aromatic nitrogens is 5. The first-order valence-electron chi connectivity index (χ1n) is 11.8. The lowest BCUT2D eigenvalue weighted by Crippen LogP contribution is -2.09. The molecule has 0 radical (unpaired) electrons. The van der Waals surface area contributed by atoms with E-state index in [1.54, 1.807) is 23.1 Å². The van der Waals surface area contributed by atoms with Crippen molar-refractivity contribution in [3.8, 4) is 11.5 Å². The van der Waals surface area contributed by atoms with Gasteiger partial charge in [0.05, 0.1) is 5.52 Å². The molecule has 0 saturated carbocycles. The lowest BCUT2D eigenvalue weighted by Gasteiger charge is -2.19. The Morgan fingerprint density at radius 2 is 1.97 bits per heavy atom. The number of rotatable bonds is 5. The molecule has 9 heteroatoms. The molecular weight excluding hydrogens is 466 g/mol. The van der Waals surface area contributed by atoms with Gasteiger partial charge in [0.15, 0.2) is 22.3 Å². The fourth-order valence-electron chi connectivity index (χ4n) is 5.10. The Morgan fingerprint density at radius 3 is 2.88 bits per heavy atom. The van der Waals surface area contributed by atoms with E-state index in [0.717, 1.165) is 74.3 Å². The van der Waals surface area contributed by atoms with Crippen molar-refractivity contribution in [2.24, 2.45) is 0 Å². The predicted molar refractivity (Wildman–Crippen MR) is 134 cm³/mol. The average Bonchev–Trinajstić information content (AvgIpc) is 3.58. The van der Waals surface area contributed by atoms with Crippen LogP contribution in [0.25, 0.3) is 26.1 Å². The van der Waals surface area contributed by atoms with Crippen molar-refractivity contribution in [2.45, 2.75) is 56.4 Å². The summed E-state index contributed by atoms with van der Waals surface area (Å²) in [6.45, 7) is 2.52. The van der Waals surface area contributed by atoms with Crippen molar-refractivity contribution in [3.05, 3.63) is 46.9 Å². The maximum atomic E-state index is 5.51. The first-order chi connectivity index (χ1) is 16.8. The van der Waals surface area contributed by atoms with Gasteiger partial charge in [-0.1, -0.05) is 31.2 Å². The minimum Gasteiger partial charge on any atom is -0.454 e. The van der Waals surface area contributed by atoms with E-state index in [-0.39, 0.29) is 6.79 Å². The van der Waals surface area contributed by atoms with Crippen LogP contribution in [0.15, 0.2) is 29.7 Å². The Labute approximate surface area is 204 Å². The van der Waals surface area contributed by atoms with Crippen LogP contribution in [0.5, 0.6) is 11.5 Å². The van der Waals surface area contributed by atoms with Crippen molar-refractivity contribution in [1.29, 1.82) is 0 Å². The third-order valence-electron chi connectivity index (χ3n) is 6.68. The standard InChI is InChI=1S/C25H23N5O2S2/c1-2-5-17-15-6-3-4-7-16(15)20-21-22(34-24(20)27-17)23-28-29-25(30(23)12-26-21)33-11-14-8-9-18-19(10-14)32-13-31-18/h8-10,12H,2-7,11,13H2,1H3. The zero-order valence-corrected chi connectivity index (χ0v) is 20.5. The van der Waals surface area contributed by atoms with Crippen LogP contribution in [0.1, 0.15) is 48.6 Å². The highest BCUT2D eigenvalue weighted by Gasteiger charge is 2.23. The van der Waals surface area contributed by atoms with Crippen molar-refractivity contribution in [2.75, 3.05) is 6.79 Å². The number of hydrogen-bond donors (Lipinski definition) is 0. The number of aryl methyl sites for hydroxylation is 2. The van der Waals surface area contributed by atoms with Gasteiger partial charge >= 0.3 is 0 Å². The molecule has 7 rings (SSSR count). The largest absolute Gasteiger partial charge is 0.454 e. The Kier molecular flexibility index (Phi) is 4.87. The van der Waals surface area contributed by atoms with Gasteiger partial charge in [0.2, 0.25) is 6.79 Å². The molecule has 2 aliphatic rings. The summed E-state index contributed by atoms with van der Waals surface area (Å²) in [5.41, 5.74) is 7.28. The molecule has 5 aromatic rings. The van der Waals surface area contributed by atoms with Crippen LogP contribution in [0.3, 0.4) is 0 Å². The van der Waals surface area contributed by atoms with E-state index in [0.29, 0.717) is 0 Å². The molecule has 1 aliphatic heterocycles. The van der Waals surface area contributed by atoms with Crippen LogP contribution >= 0.6 is 23.1 Å². The number of fused-ring (bicyclic) bond motifs is 8. The number of ether oxygens (including phenoxy) is 2. The molecule has 0 bridgehead atoms. The van der Waals surface area contributed by atoms with Crippen LogP contribution in [-0.2, 0) is 25.0 Å². The number of benzene rings is 1. The Balaban J connectivity index is 1.29. The molecule has 0 spiro atoms. The summed E-state index contributed by atoms with van der Waals surface area (Å²) >= 11 is 3.35. The fourth-order valence-corrected chi connectivity index (χ4v) is 7.10. The van der Waals surface area contributed by atoms with Gasteiger partial charge in [-0.3, -0.25) is 4.40 Å². The number of thioether (sulfide) groups is 1. The number of nitrogens with zero attached hydrogens (tertiary/aromatic N) is 5. The molecule has 0 fully saturated rings. The van der Waals surface area contributed by atoms with Crippen LogP contribution in [0.4, 0.5) is 0 Å². The molecule has 34 heavy (non-hydrogen) atoms. The minimum atomic E-state index is 0.287. The first kappa shape index (κ1) is 20.5. The fraction of sp³-hybridized carbons (Fsp3) is 0.360. The highest BCUT2D eigenvalue weighted by atomic mass is 32.2. The van der Waals surface area contributed by atoms with Crippen molar-refractivity contribution in [1.82, 2.24) is 24.6 Å². The summed E-state index contributed by atoms with van der Waals surface area (Å²) in [6.07, 6.45) is 8.79. The molecule has 0 amide bonds. The van der Waals surface area contributed by atoms with Gasteiger partial charge in [-0.2, -0.15) is 0 Å². The molecule has 0 N–H and O–H groups in total. The summed E-state index contributed by atoms with van der Waals surface area (Å²) in [4.78, 5) is 11.1. The van der Waals surface area contributed by atoms with E-state index >= 15 is 0 Å². The van der Waals surface area contributed by atoms with E-state index < -0.39 is 0 Å². The van der Waals surface area contributed by atoms with E-state index in [4.69, 9.17) is 19.4 Å². The zero-order chi connectivity index (χ0) is 22.6. The molecule has 0 saturated heterocycles. The van der Waals surface area contributed by atoms with Gasteiger partial charge in [-0.05, 0) is 60.9 Å². The second kappa shape index (κ2) is 8.09. The Morgan fingerprint density at radius 1 is 1.09 bits per heavy atom. The number of thiophene rings is 1. The summed E-state index contributed by atoms with van der Waals surface area (Å²) in [5.74, 6) is 2.36. The highest BCUT2D eigenvalue weighted by Crippen LogP contribution is 2.41. The third-order valence-corrected chi connectivity index (χ3v) is 8.76. The molecule has 1 aliphatic carbocycles. The monoisotopic (exact) mass is 489 g/mol. The van der Waals surface area contributed by atoms with E-state index in [2.05, 4.69) is 23.2 Å². The van der Waals surface area contributed by atoms with Gasteiger partial charge in [0.1, 0.15) is 15.9 Å². The predicted octanol–water partition coefficient (Wildman–Crippen LogP) is 5.74. The summed E-state index contributed by atoms with van der Waals surface area (Å²) in [5, 5.41) is 11.2. The van der Waals surface area contributed by atoms with Crippen LogP contribution in [0, 0.1) is 0 Å². The molecule has 0 atom stereocenters. The quantitative estimate of drug-likeness (QED) is 0.291. The van der Waals surface area contributed by atoms with Gasteiger partial charge in [-0.25, -0.2) is 9.97 Å². The summed E-state index contributed by atoms with van der Waals surface area (Å²) in [6, 6.07) is 6.06. The van der Waals surface area contributed by atoms with Gasteiger partial charge < -0.3 is 9.47 Å². The molecule has 4 aromatic heterocycles. The molecule has 0 unspecified atom stereocenters. The first-order valence-corrected chi connectivity index (χ1v) is 13.6. The number of hydrogen-bond acceptors (Lipinski definition) is 8. The average molecular weight is 490 g/mol. The lowest BCUT2D eigenvalue weighted by molar-refractivity contribution is 0.174. The number of pyridine rings is 1. The van der Waals surface area contributed by atoms with Crippen LogP contribution < -0.4 is 9.47 Å². The van der Waals surface area contributed by atoms with E-state index in [9.17, 15) is 0 Å². The van der Waals surface area contributed by atoms with Crippen LogP contribution in [0.2, 0.25) is 0 Å². The molecule has 7 nitrogen and oxygen atoms in total. The normalized spacial score (nSPS) is 15.0. The second-order valence-electron chi connectivity index (χ2n) is 8.83. The Hall–Kier alpha value is -2.91. The molecular formula is C25H23N5O2S2. The third kappa shape index (κ3) is 3.17. The second-order valence-corrected chi connectivity index (χ2v) is 10.8. The lowest BCUT2D eigenvalue weighted by atomic mass is 9.88. The van der Waals surface area contributed by atoms with Gasteiger partial charge in [0, 0.05) is 16.8 Å². The smallest absolute Gasteiger partial charge is 0.231 e. The topological polar surface area (TPSA) is 74.4 Å². The van der Waals surface area contributed by atoms with E-state index in [1.165, 1.54) is 35.0 Å². The minimum absolute atomic E-state index is 0.287. The highest BCUT2D eigenvalue weighted by molar-refractivity contribution is 7.98. The van der Waals surface area contributed by atoms with Crippen LogP contribution in [-0.4, -0.2) is 31.4 Å². The van der Waals surface area contributed by atoms with Gasteiger partial charge in [-0.15, -0.1) is 21.5 Å². The Bertz CT molecular complexity index is 1570. The maximum absolute atomic E-state index is 5.51. The SMILES string of the molecule is CCCc1nc2sc3c(ncn4c(SCc5ccc6c(c5)OCO6)nnc34)c2c2c1CCCC2. The van der Waals surface area contributed by atoms with Crippen molar-refractivity contribution < 1.29 is 9.47 Å². The zero-order valence-electron chi connectivity index (χ0n) is 18.8.